The fourth-order valence-corrected chi connectivity index (χ4v) is 4.35. The lowest BCUT2D eigenvalue weighted by Crippen LogP contribution is -2.31. The number of pyridine rings is 1. The zero-order valence-electron chi connectivity index (χ0n) is 18.7. The second-order valence-corrected chi connectivity index (χ2v) is 7.92. The third-order valence-electron chi connectivity index (χ3n) is 5.95. The molecule has 0 saturated carbocycles. The van der Waals surface area contributed by atoms with Crippen molar-refractivity contribution in [2.75, 3.05) is 14.2 Å². The Balaban J connectivity index is 1.81. The van der Waals surface area contributed by atoms with E-state index in [1.807, 2.05) is 19.1 Å². The average molecular weight is 445 g/mol. The molecule has 0 aliphatic carbocycles. The molecular formula is C26H25N2O5+. The Morgan fingerprint density at radius 3 is 2.42 bits per heavy atom. The van der Waals surface area contributed by atoms with E-state index in [0.29, 0.717) is 22.6 Å². The fraction of sp³-hybridized carbons (Fsp3) is 0.231. The van der Waals surface area contributed by atoms with Gasteiger partial charge >= 0.3 is 0 Å². The van der Waals surface area contributed by atoms with Gasteiger partial charge in [-0.05, 0) is 42.8 Å². The number of aryl methyl sites for hydroxylation is 1. The van der Waals surface area contributed by atoms with Crippen LogP contribution >= 0.6 is 0 Å². The number of methoxy groups -OCH3 is 2. The van der Waals surface area contributed by atoms with Crippen LogP contribution in [0.3, 0.4) is 0 Å². The highest BCUT2D eigenvalue weighted by atomic mass is 16.5. The quantitative estimate of drug-likeness (QED) is 0.317. The van der Waals surface area contributed by atoms with E-state index in [1.54, 1.807) is 62.0 Å². The van der Waals surface area contributed by atoms with Gasteiger partial charge in [0, 0.05) is 22.8 Å². The fourth-order valence-electron chi connectivity index (χ4n) is 4.35. The van der Waals surface area contributed by atoms with Gasteiger partial charge in [0.1, 0.15) is 17.4 Å². The number of amides is 1. The van der Waals surface area contributed by atoms with E-state index in [-0.39, 0.29) is 6.54 Å². The second-order valence-electron chi connectivity index (χ2n) is 7.92. The molecule has 1 aliphatic rings. The normalized spacial score (nSPS) is 17.8. The summed E-state index contributed by atoms with van der Waals surface area (Å²) in [6, 6.07) is 15.0. The van der Waals surface area contributed by atoms with Gasteiger partial charge in [-0.1, -0.05) is 18.2 Å². The van der Waals surface area contributed by atoms with Crippen molar-refractivity contribution < 1.29 is 28.8 Å². The van der Waals surface area contributed by atoms with Gasteiger partial charge in [0.15, 0.2) is 18.2 Å². The van der Waals surface area contributed by atoms with E-state index in [9.17, 15) is 14.4 Å². The molecule has 2 atom stereocenters. The zero-order chi connectivity index (χ0) is 23.5. The Hall–Kier alpha value is -4.00. The standard InChI is InChI=1S/C26H24N2O5/c1-16-13-18(10-11-20(16)32-2)24(29)22-23(19-8-4-5-9-21(19)33-3)28(26(31)25(22)30)15-17-7-6-12-27-14-17/h4-14,22-23H,15H2,1-3H3/p+1. The molecule has 0 bridgehead atoms. The highest BCUT2D eigenvalue weighted by Crippen LogP contribution is 2.42. The molecule has 0 radical (unpaired) electrons. The summed E-state index contributed by atoms with van der Waals surface area (Å²) in [5.74, 6) is -1.84. The first-order chi connectivity index (χ1) is 16.0. The first-order valence-corrected chi connectivity index (χ1v) is 10.6. The molecule has 1 amide bonds. The van der Waals surface area contributed by atoms with Crippen LogP contribution in [0.15, 0.2) is 67.0 Å². The van der Waals surface area contributed by atoms with Crippen LogP contribution in [0, 0.1) is 12.8 Å². The number of ketones is 2. The number of likely N-dealkylation sites (tertiary alicyclic amines) is 1. The number of carbonyl (C=O) groups excluding carboxylic acids is 3. The number of nitrogens with zero attached hydrogens (tertiary/aromatic N) is 1. The minimum atomic E-state index is -1.19. The summed E-state index contributed by atoms with van der Waals surface area (Å²) in [5, 5.41) is 0. The maximum absolute atomic E-state index is 13.6. The molecule has 2 heterocycles. The number of H-pyrrole nitrogens is 1. The lowest BCUT2D eigenvalue weighted by Gasteiger charge is -2.28. The summed E-state index contributed by atoms with van der Waals surface area (Å²) < 4.78 is 10.8. The number of benzene rings is 2. The topological polar surface area (TPSA) is 87.1 Å². The van der Waals surface area contributed by atoms with Gasteiger partial charge in [-0.3, -0.25) is 14.4 Å². The molecule has 2 unspecified atom stereocenters. The number of rotatable bonds is 7. The highest BCUT2D eigenvalue weighted by Gasteiger charge is 2.52. The molecule has 33 heavy (non-hydrogen) atoms. The van der Waals surface area contributed by atoms with Crippen LogP contribution in [0.1, 0.15) is 33.1 Å². The number of Topliss-reactive ketones (excluding diaryl/α,β-unsaturated/α-hetero) is 2. The summed E-state index contributed by atoms with van der Waals surface area (Å²) >= 11 is 0. The molecule has 1 aromatic heterocycles. The van der Waals surface area contributed by atoms with Crippen molar-refractivity contribution in [3.63, 3.8) is 0 Å². The van der Waals surface area contributed by atoms with Crippen molar-refractivity contribution in [2.24, 2.45) is 5.92 Å². The number of ether oxygens (including phenoxy) is 2. The van der Waals surface area contributed by atoms with E-state index in [0.717, 1.165) is 11.1 Å². The molecule has 7 nitrogen and oxygen atoms in total. The van der Waals surface area contributed by atoms with Crippen molar-refractivity contribution in [1.82, 2.24) is 4.90 Å². The summed E-state index contributed by atoms with van der Waals surface area (Å²) in [6.45, 7) is 2.00. The number of aromatic nitrogens is 1. The summed E-state index contributed by atoms with van der Waals surface area (Å²) in [6.07, 6.45) is 3.52. The number of hydrogen-bond donors (Lipinski definition) is 0. The van der Waals surface area contributed by atoms with Gasteiger partial charge in [-0.2, -0.15) is 0 Å². The number of hydrogen-bond acceptors (Lipinski definition) is 5. The van der Waals surface area contributed by atoms with Gasteiger partial charge in [0.05, 0.1) is 26.8 Å². The SMILES string of the molecule is COc1ccc(C(=O)C2C(=O)C(=O)N(Cc3ccc[nH+]c3)C2c2ccccc2OC)cc1C. The number of para-hydroxylation sites is 1. The molecule has 1 fully saturated rings. The van der Waals surface area contributed by atoms with Crippen LogP contribution in [-0.2, 0) is 16.1 Å². The third-order valence-corrected chi connectivity index (χ3v) is 5.95. The molecule has 7 heteroatoms. The largest absolute Gasteiger partial charge is 0.496 e. The Labute approximate surface area is 192 Å². The summed E-state index contributed by atoms with van der Waals surface area (Å²) in [7, 11) is 3.08. The summed E-state index contributed by atoms with van der Waals surface area (Å²) in [4.78, 5) is 44.5. The van der Waals surface area contributed by atoms with E-state index in [1.165, 1.54) is 12.0 Å². The summed E-state index contributed by atoms with van der Waals surface area (Å²) in [5.41, 5.74) is 2.55. The lowest BCUT2D eigenvalue weighted by molar-refractivity contribution is -0.378. The van der Waals surface area contributed by atoms with Crippen molar-refractivity contribution >= 4 is 17.5 Å². The molecule has 0 spiro atoms. The zero-order valence-corrected chi connectivity index (χ0v) is 18.7. The van der Waals surface area contributed by atoms with Gasteiger partial charge < -0.3 is 14.4 Å². The van der Waals surface area contributed by atoms with Crippen molar-refractivity contribution in [3.05, 3.63) is 89.2 Å². The van der Waals surface area contributed by atoms with Crippen LogP contribution in [0.5, 0.6) is 11.5 Å². The van der Waals surface area contributed by atoms with Crippen molar-refractivity contribution in [1.29, 1.82) is 0 Å². The van der Waals surface area contributed by atoms with Crippen LogP contribution in [0.4, 0.5) is 0 Å². The van der Waals surface area contributed by atoms with Gasteiger partial charge in [-0.15, -0.1) is 0 Å². The molecule has 2 aromatic carbocycles. The number of nitrogens with one attached hydrogen (secondary N) is 1. The number of aromatic amines is 1. The van der Waals surface area contributed by atoms with E-state index < -0.39 is 29.4 Å². The predicted molar refractivity (Wildman–Crippen MR) is 120 cm³/mol. The Morgan fingerprint density at radius 1 is 1.00 bits per heavy atom. The molecule has 168 valence electrons. The minimum absolute atomic E-state index is 0.177. The third kappa shape index (κ3) is 4.09. The predicted octanol–water partition coefficient (Wildman–Crippen LogP) is 2.98. The van der Waals surface area contributed by atoms with Crippen molar-refractivity contribution in [3.8, 4) is 11.5 Å². The van der Waals surface area contributed by atoms with Gasteiger partial charge in [0.25, 0.3) is 5.91 Å². The molecule has 1 N–H and O–H groups in total. The Bertz CT molecular complexity index is 1210. The number of carbonyl (C=O) groups is 3. The Morgan fingerprint density at radius 2 is 1.76 bits per heavy atom. The van der Waals surface area contributed by atoms with E-state index >= 15 is 0 Å². The van der Waals surface area contributed by atoms with Crippen molar-refractivity contribution in [2.45, 2.75) is 19.5 Å². The average Bonchev–Trinajstić information content (AvgIpc) is 3.09. The molecular weight excluding hydrogens is 420 g/mol. The van der Waals surface area contributed by atoms with E-state index in [4.69, 9.17) is 9.47 Å². The first-order valence-electron chi connectivity index (χ1n) is 10.6. The highest BCUT2D eigenvalue weighted by molar-refractivity contribution is 6.44. The van der Waals surface area contributed by atoms with Gasteiger partial charge in [-0.25, -0.2) is 4.98 Å². The molecule has 3 aromatic rings. The maximum Gasteiger partial charge on any atom is 0.291 e. The maximum atomic E-state index is 13.6. The molecule has 4 rings (SSSR count). The molecule has 1 saturated heterocycles. The molecule has 1 aliphatic heterocycles. The van der Waals surface area contributed by atoms with Crippen LogP contribution in [0.2, 0.25) is 0 Å². The minimum Gasteiger partial charge on any atom is -0.496 e. The first kappa shape index (κ1) is 22.2. The Kier molecular flexibility index (Phi) is 6.22. The second kappa shape index (κ2) is 9.24. The van der Waals surface area contributed by atoms with Crippen LogP contribution in [0.25, 0.3) is 0 Å². The van der Waals surface area contributed by atoms with Crippen LogP contribution < -0.4 is 14.5 Å². The lowest BCUT2D eigenvalue weighted by atomic mass is 9.85. The van der Waals surface area contributed by atoms with E-state index in [2.05, 4.69) is 4.98 Å². The van der Waals surface area contributed by atoms with Gasteiger partial charge in [0.2, 0.25) is 5.78 Å². The smallest absolute Gasteiger partial charge is 0.291 e. The van der Waals surface area contributed by atoms with Crippen LogP contribution in [-0.4, -0.2) is 36.6 Å². The monoisotopic (exact) mass is 445 g/mol.